The molecule has 20 heavy (non-hydrogen) atoms. The first-order chi connectivity index (χ1) is 9.51. The smallest absolute Gasteiger partial charge is 0.127 e. The first kappa shape index (κ1) is 15.2. The van der Waals surface area contributed by atoms with E-state index in [2.05, 4.69) is 5.32 Å². The molecule has 2 rings (SSSR count). The Hall–Kier alpha value is -1.16. The van der Waals surface area contributed by atoms with Crippen molar-refractivity contribution in [3.05, 3.63) is 69.2 Å². The fourth-order valence-corrected chi connectivity index (χ4v) is 2.52. The number of hydrogen-bond acceptors (Lipinski definition) is 1. The van der Waals surface area contributed by atoms with E-state index in [0.29, 0.717) is 22.0 Å². The van der Waals surface area contributed by atoms with Gasteiger partial charge < -0.3 is 5.32 Å². The zero-order chi connectivity index (χ0) is 14.7. The second kappa shape index (κ2) is 6.53. The molecule has 0 aromatic heterocycles. The summed E-state index contributed by atoms with van der Waals surface area (Å²) in [7, 11) is 1.75. The highest BCUT2D eigenvalue weighted by atomic mass is 35.5. The molecule has 0 heterocycles. The molecule has 0 radical (unpaired) electrons. The number of benzene rings is 2. The van der Waals surface area contributed by atoms with Gasteiger partial charge in [0.1, 0.15) is 11.6 Å². The molecule has 2 aromatic carbocycles. The van der Waals surface area contributed by atoms with E-state index in [1.54, 1.807) is 25.2 Å². The first-order valence-electron chi connectivity index (χ1n) is 6.07. The van der Waals surface area contributed by atoms with Gasteiger partial charge in [-0.3, -0.25) is 0 Å². The van der Waals surface area contributed by atoms with Gasteiger partial charge in [0, 0.05) is 16.1 Å². The van der Waals surface area contributed by atoms with Gasteiger partial charge in [0.2, 0.25) is 0 Å². The molecule has 106 valence electrons. The average molecular weight is 316 g/mol. The Morgan fingerprint density at radius 3 is 2.45 bits per heavy atom. The third-order valence-corrected chi connectivity index (χ3v) is 3.69. The molecule has 0 aliphatic heterocycles. The van der Waals surface area contributed by atoms with E-state index in [0.717, 1.165) is 5.56 Å². The molecule has 1 nitrogen and oxygen atoms in total. The summed E-state index contributed by atoms with van der Waals surface area (Å²) in [5.74, 6) is -0.762. The number of rotatable bonds is 4. The summed E-state index contributed by atoms with van der Waals surface area (Å²) in [6, 6.07) is 8.53. The summed E-state index contributed by atoms with van der Waals surface area (Å²) in [5, 5.41) is 3.73. The Morgan fingerprint density at radius 1 is 1.10 bits per heavy atom. The van der Waals surface area contributed by atoms with Gasteiger partial charge in [-0.1, -0.05) is 35.3 Å². The molecule has 1 atom stereocenters. The Bertz CT molecular complexity index is 617. The lowest BCUT2D eigenvalue weighted by atomic mass is 9.98. The molecule has 0 saturated heterocycles. The van der Waals surface area contributed by atoms with Gasteiger partial charge in [0.25, 0.3) is 0 Å². The van der Waals surface area contributed by atoms with Crippen LogP contribution in [0.4, 0.5) is 8.78 Å². The average Bonchev–Trinajstić information content (AvgIpc) is 2.39. The first-order valence-corrected chi connectivity index (χ1v) is 6.83. The standard InChI is InChI=1S/C15H13Cl2F2N/c1-20-15(12-5-4-11(18)8-13(12)17)6-9-2-3-10(16)7-14(9)19/h2-5,7-8,15,20H,6H2,1H3. The lowest BCUT2D eigenvalue weighted by molar-refractivity contribution is 0.552. The van der Waals surface area contributed by atoms with Crippen molar-refractivity contribution in [2.75, 3.05) is 7.05 Å². The lowest BCUT2D eigenvalue weighted by Crippen LogP contribution is -2.19. The molecule has 5 heteroatoms. The second-order valence-electron chi connectivity index (χ2n) is 4.45. The number of hydrogen-bond donors (Lipinski definition) is 1. The van der Waals surface area contributed by atoms with Crippen molar-refractivity contribution in [3.8, 4) is 0 Å². The Balaban J connectivity index is 2.28. The van der Waals surface area contributed by atoms with Crippen LogP contribution < -0.4 is 5.32 Å². The van der Waals surface area contributed by atoms with E-state index in [-0.39, 0.29) is 11.9 Å². The highest BCUT2D eigenvalue weighted by Crippen LogP contribution is 2.27. The lowest BCUT2D eigenvalue weighted by Gasteiger charge is -2.18. The van der Waals surface area contributed by atoms with Gasteiger partial charge in [-0.2, -0.15) is 0 Å². The molecule has 0 fully saturated rings. The van der Waals surface area contributed by atoms with Crippen LogP contribution in [-0.4, -0.2) is 7.05 Å². The maximum absolute atomic E-state index is 13.8. The number of halogens is 4. The van der Waals surface area contributed by atoms with Gasteiger partial charge >= 0.3 is 0 Å². The van der Waals surface area contributed by atoms with E-state index < -0.39 is 5.82 Å². The van der Waals surface area contributed by atoms with Crippen LogP contribution in [0.2, 0.25) is 10.0 Å². The normalized spacial score (nSPS) is 12.4. The summed E-state index contributed by atoms with van der Waals surface area (Å²) >= 11 is 11.8. The topological polar surface area (TPSA) is 12.0 Å². The maximum atomic E-state index is 13.8. The molecule has 2 aromatic rings. The highest BCUT2D eigenvalue weighted by molar-refractivity contribution is 6.31. The fourth-order valence-electron chi connectivity index (χ4n) is 2.06. The minimum absolute atomic E-state index is 0.209. The predicted octanol–water partition coefficient (Wildman–Crippen LogP) is 4.77. The summed E-state index contributed by atoms with van der Waals surface area (Å²) < 4.78 is 26.9. The molecule has 1 unspecified atom stereocenters. The third kappa shape index (κ3) is 3.48. The zero-order valence-corrected chi connectivity index (χ0v) is 12.3. The van der Waals surface area contributed by atoms with Crippen molar-refractivity contribution >= 4 is 23.2 Å². The van der Waals surface area contributed by atoms with Crippen LogP contribution >= 0.6 is 23.2 Å². The van der Waals surface area contributed by atoms with Crippen molar-refractivity contribution in [2.24, 2.45) is 0 Å². The number of likely N-dealkylation sites (N-methyl/N-ethyl adjacent to an activating group) is 1. The van der Waals surface area contributed by atoms with Crippen molar-refractivity contribution < 1.29 is 8.78 Å². The summed E-state index contributed by atoms with van der Waals surface area (Å²) in [5.41, 5.74) is 1.25. The van der Waals surface area contributed by atoms with E-state index in [1.807, 2.05) is 0 Å². The Labute approximate surface area is 126 Å². The molecule has 0 spiro atoms. The Morgan fingerprint density at radius 2 is 1.85 bits per heavy atom. The monoisotopic (exact) mass is 315 g/mol. The molecule has 0 amide bonds. The van der Waals surface area contributed by atoms with Gasteiger partial charge in [-0.05, 0) is 48.9 Å². The molecular formula is C15H13Cl2F2N. The molecule has 1 N–H and O–H groups in total. The van der Waals surface area contributed by atoms with Crippen molar-refractivity contribution in [3.63, 3.8) is 0 Å². The SMILES string of the molecule is CNC(Cc1ccc(Cl)cc1F)c1ccc(F)cc1Cl. The summed E-state index contributed by atoms with van der Waals surface area (Å²) in [6.07, 6.45) is 0.394. The molecule has 0 aliphatic rings. The van der Waals surface area contributed by atoms with Gasteiger partial charge in [-0.15, -0.1) is 0 Å². The van der Waals surface area contributed by atoms with E-state index in [4.69, 9.17) is 23.2 Å². The van der Waals surface area contributed by atoms with Crippen LogP contribution in [0.5, 0.6) is 0 Å². The second-order valence-corrected chi connectivity index (χ2v) is 5.29. The van der Waals surface area contributed by atoms with E-state index >= 15 is 0 Å². The van der Waals surface area contributed by atoms with Crippen molar-refractivity contribution in [1.82, 2.24) is 5.32 Å². The summed E-state index contributed by atoms with van der Waals surface area (Å²) in [4.78, 5) is 0. The van der Waals surface area contributed by atoms with Crippen LogP contribution in [0, 0.1) is 11.6 Å². The van der Waals surface area contributed by atoms with Crippen LogP contribution in [0.3, 0.4) is 0 Å². The number of nitrogens with one attached hydrogen (secondary N) is 1. The molecule has 0 saturated carbocycles. The Kier molecular flexibility index (Phi) is 4.97. The van der Waals surface area contributed by atoms with Crippen LogP contribution in [0.25, 0.3) is 0 Å². The zero-order valence-electron chi connectivity index (χ0n) is 10.8. The van der Waals surface area contributed by atoms with E-state index in [1.165, 1.54) is 18.2 Å². The molecule has 0 aliphatic carbocycles. The van der Waals surface area contributed by atoms with Crippen molar-refractivity contribution in [2.45, 2.75) is 12.5 Å². The predicted molar refractivity (Wildman–Crippen MR) is 78.3 cm³/mol. The van der Waals surface area contributed by atoms with Crippen LogP contribution in [0.1, 0.15) is 17.2 Å². The highest BCUT2D eigenvalue weighted by Gasteiger charge is 2.16. The van der Waals surface area contributed by atoms with Crippen molar-refractivity contribution in [1.29, 1.82) is 0 Å². The van der Waals surface area contributed by atoms with Gasteiger partial charge in [-0.25, -0.2) is 8.78 Å². The van der Waals surface area contributed by atoms with Crippen LogP contribution in [0.15, 0.2) is 36.4 Å². The largest absolute Gasteiger partial charge is 0.313 e. The van der Waals surface area contributed by atoms with Gasteiger partial charge in [0.05, 0.1) is 0 Å². The molecule has 0 bridgehead atoms. The fraction of sp³-hybridized carbons (Fsp3) is 0.200. The van der Waals surface area contributed by atoms with E-state index in [9.17, 15) is 8.78 Å². The minimum atomic E-state index is -0.397. The van der Waals surface area contributed by atoms with Gasteiger partial charge in [0.15, 0.2) is 0 Å². The quantitative estimate of drug-likeness (QED) is 0.856. The third-order valence-electron chi connectivity index (χ3n) is 3.13. The summed E-state index contributed by atoms with van der Waals surface area (Å²) in [6.45, 7) is 0. The molecular weight excluding hydrogens is 303 g/mol. The minimum Gasteiger partial charge on any atom is -0.313 e. The van der Waals surface area contributed by atoms with Crippen LogP contribution in [-0.2, 0) is 6.42 Å². The maximum Gasteiger partial charge on any atom is 0.127 e.